The highest BCUT2D eigenvalue weighted by Crippen LogP contribution is 2.25. The van der Waals surface area contributed by atoms with Gasteiger partial charge in [0.2, 0.25) is 0 Å². The van der Waals surface area contributed by atoms with E-state index in [0.717, 1.165) is 0 Å². The third kappa shape index (κ3) is 5.77. The van der Waals surface area contributed by atoms with Gasteiger partial charge in [-0.05, 0) is 44.5 Å². The lowest BCUT2D eigenvalue weighted by molar-refractivity contribution is 0.0635. The third-order valence-corrected chi connectivity index (χ3v) is 3.69. The summed E-state index contributed by atoms with van der Waals surface area (Å²) < 4.78 is 10.5. The Kier molecular flexibility index (Phi) is 6.27. The molecule has 0 bridgehead atoms. The molecule has 0 aliphatic heterocycles. The second-order valence-electron chi connectivity index (χ2n) is 6.76. The van der Waals surface area contributed by atoms with E-state index in [1.165, 1.54) is 7.11 Å². The summed E-state index contributed by atoms with van der Waals surface area (Å²) in [5, 5.41) is 3.19. The van der Waals surface area contributed by atoms with E-state index < -0.39 is 11.7 Å². The highest BCUT2D eigenvalue weighted by atomic mass is 35.5. The van der Waals surface area contributed by atoms with Gasteiger partial charge in [0.05, 0.1) is 12.8 Å². The average molecular weight is 376 g/mol. The molecule has 1 amide bonds. The number of carbonyl (C=O) groups excluding carboxylic acids is 2. The first-order valence-corrected chi connectivity index (χ1v) is 8.51. The fraction of sp³-hybridized carbons (Fsp3) is 0.300. The second kappa shape index (κ2) is 8.23. The van der Waals surface area contributed by atoms with E-state index in [0.29, 0.717) is 27.6 Å². The Morgan fingerprint density at radius 1 is 1.12 bits per heavy atom. The zero-order valence-corrected chi connectivity index (χ0v) is 16.0. The first kappa shape index (κ1) is 19.8. The molecule has 0 fully saturated rings. The van der Waals surface area contributed by atoms with E-state index in [9.17, 15) is 9.59 Å². The number of methoxy groups -OCH3 is 1. The second-order valence-corrected chi connectivity index (χ2v) is 7.20. The molecule has 2 aromatic carbocycles. The topological polar surface area (TPSA) is 64.6 Å². The maximum Gasteiger partial charge on any atom is 0.412 e. The van der Waals surface area contributed by atoms with E-state index >= 15 is 0 Å². The number of ketones is 1. The highest BCUT2D eigenvalue weighted by Gasteiger charge is 2.18. The van der Waals surface area contributed by atoms with Crippen LogP contribution in [-0.2, 0) is 11.2 Å². The average Bonchev–Trinajstić information content (AvgIpc) is 2.54. The van der Waals surface area contributed by atoms with Crippen LogP contribution in [0.15, 0.2) is 42.5 Å². The van der Waals surface area contributed by atoms with Crippen molar-refractivity contribution in [2.24, 2.45) is 0 Å². The molecule has 2 aromatic rings. The van der Waals surface area contributed by atoms with E-state index in [1.807, 2.05) is 0 Å². The molecule has 0 aliphatic rings. The summed E-state index contributed by atoms with van der Waals surface area (Å²) in [5.74, 6) is 0.458. The van der Waals surface area contributed by atoms with Gasteiger partial charge in [0.25, 0.3) is 0 Å². The number of benzene rings is 2. The van der Waals surface area contributed by atoms with Crippen molar-refractivity contribution in [3.05, 3.63) is 58.6 Å². The molecule has 0 atom stereocenters. The molecule has 0 heterocycles. The summed E-state index contributed by atoms with van der Waals surface area (Å²) >= 11 is 5.95. The van der Waals surface area contributed by atoms with Crippen molar-refractivity contribution in [3.63, 3.8) is 0 Å². The van der Waals surface area contributed by atoms with Crippen LogP contribution in [0, 0.1) is 0 Å². The molecule has 0 aliphatic carbocycles. The van der Waals surface area contributed by atoms with Crippen LogP contribution in [0.1, 0.15) is 36.7 Å². The molecule has 0 unspecified atom stereocenters. The zero-order chi connectivity index (χ0) is 19.3. The molecule has 1 N–H and O–H groups in total. The Labute approximate surface area is 158 Å². The lowest BCUT2D eigenvalue weighted by Gasteiger charge is -2.20. The summed E-state index contributed by atoms with van der Waals surface area (Å²) in [7, 11) is 1.53. The van der Waals surface area contributed by atoms with Gasteiger partial charge >= 0.3 is 6.09 Å². The standard InChI is InChI=1S/C20H22ClNO4/c1-20(2,3)26-19(24)22-17-12-16(25-4)9-8-13(17)11-18(23)14-6-5-7-15(21)10-14/h5-10,12H,11H2,1-4H3,(H,22,24). The van der Waals surface area contributed by atoms with Crippen LogP contribution in [-0.4, -0.2) is 24.6 Å². The van der Waals surface area contributed by atoms with Crippen LogP contribution in [0.4, 0.5) is 10.5 Å². The molecule has 0 aromatic heterocycles. The fourth-order valence-corrected chi connectivity index (χ4v) is 2.49. The van der Waals surface area contributed by atoms with Gasteiger partial charge in [-0.2, -0.15) is 0 Å². The first-order chi connectivity index (χ1) is 12.2. The minimum Gasteiger partial charge on any atom is -0.497 e. The molecule has 26 heavy (non-hydrogen) atoms. The molecule has 0 spiro atoms. The van der Waals surface area contributed by atoms with Crippen molar-refractivity contribution in [2.45, 2.75) is 32.8 Å². The van der Waals surface area contributed by atoms with Crippen LogP contribution < -0.4 is 10.1 Å². The predicted octanol–water partition coefficient (Wildman–Crippen LogP) is 5.12. The molecule has 0 saturated heterocycles. The first-order valence-electron chi connectivity index (χ1n) is 8.13. The van der Waals surface area contributed by atoms with Gasteiger partial charge in [-0.1, -0.05) is 29.8 Å². The number of amides is 1. The van der Waals surface area contributed by atoms with Crippen molar-refractivity contribution in [1.29, 1.82) is 0 Å². The van der Waals surface area contributed by atoms with E-state index in [4.69, 9.17) is 21.1 Å². The van der Waals surface area contributed by atoms with Gasteiger partial charge in [-0.3, -0.25) is 10.1 Å². The van der Waals surface area contributed by atoms with Gasteiger partial charge in [-0.15, -0.1) is 0 Å². The molecular weight excluding hydrogens is 354 g/mol. The summed E-state index contributed by atoms with van der Waals surface area (Å²) in [6.07, 6.45) is -0.489. The fourth-order valence-electron chi connectivity index (χ4n) is 2.30. The van der Waals surface area contributed by atoms with Crippen molar-refractivity contribution in [2.75, 3.05) is 12.4 Å². The van der Waals surface area contributed by atoms with Crippen LogP contribution in [0.5, 0.6) is 5.75 Å². The van der Waals surface area contributed by atoms with Gasteiger partial charge in [0, 0.05) is 23.1 Å². The van der Waals surface area contributed by atoms with Crippen LogP contribution in [0.2, 0.25) is 5.02 Å². The predicted molar refractivity (Wildman–Crippen MR) is 102 cm³/mol. The number of hydrogen-bond acceptors (Lipinski definition) is 4. The van der Waals surface area contributed by atoms with Crippen LogP contribution in [0.3, 0.4) is 0 Å². The van der Waals surface area contributed by atoms with Crippen LogP contribution in [0.25, 0.3) is 0 Å². The maximum absolute atomic E-state index is 12.6. The number of carbonyl (C=O) groups is 2. The van der Waals surface area contributed by atoms with Crippen molar-refractivity contribution >= 4 is 29.2 Å². The quantitative estimate of drug-likeness (QED) is 0.736. The minimum absolute atomic E-state index is 0.107. The molecule has 138 valence electrons. The number of anilines is 1. The monoisotopic (exact) mass is 375 g/mol. The van der Waals surface area contributed by atoms with Gasteiger partial charge in [0.1, 0.15) is 11.4 Å². The maximum atomic E-state index is 12.6. The smallest absolute Gasteiger partial charge is 0.412 e. The Balaban J connectivity index is 2.24. The summed E-state index contributed by atoms with van der Waals surface area (Å²) in [4.78, 5) is 24.7. The van der Waals surface area contributed by atoms with Gasteiger partial charge in [-0.25, -0.2) is 4.79 Å². The SMILES string of the molecule is COc1ccc(CC(=O)c2cccc(Cl)c2)c(NC(=O)OC(C)(C)C)c1. The van der Waals surface area contributed by atoms with Crippen molar-refractivity contribution in [1.82, 2.24) is 0 Å². The van der Waals surface area contributed by atoms with Crippen LogP contribution >= 0.6 is 11.6 Å². The van der Waals surface area contributed by atoms with E-state index in [2.05, 4.69) is 5.32 Å². The molecule has 5 nitrogen and oxygen atoms in total. The normalized spacial score (nSPS) is 11.0. The largest absolute Gasteiger partial charge is 0.497 e. The number of Topliss-reactive ketones (excluding diaryl/α,β-unsaturated/α-hetero) is 1. The Morgan fingerprint density at radius 2 is 1.85 bits per heavy atom. The summed E-state index contributed by atoms with van der Waals surface area (Å²) in [6.45, 7) is 5.34. The Bertz CT molecular complexity index is 812. The summed E-state index contributed by atoms with van der Waals surface area (Å²) in [5.41, 5.74) is 1.01. The Hall–Kier alpha value is -2.53. The lowest BCUT2D eigenvalue weighted by atomic mass is 10.0. The Morgan fingerprint density at radius 3 is 2.46 bits per heavy atom. The van der Waals surface area contributed by atoms with Gasteiger partial charge < -0.3 is 9.47 Å². The van der Waals surface area contributed by atoms with E-state index in [1.54, 1.807) is 63.2 Å². The highest BCUT2D eigenvalue weighted by molar-refractivity contribution is 6.31. The molecule has 0 saturated carbocycles. The molecule has 0 radical (unpaired) electrons. The zero-order valence-electron chi connectivity index (χ0n) is 15.3. The minimum atomic E-state index is -0.625. The van der Waals surface area contributed by atoms with Gasteiger partial charge in [0.15, 0.2) is 5.78 Å². The number of nitrogens with one attached hydrogen (secondary N) is 1. The number of halogens is 1. The summed E-state index contributed by atoms with van der Waals surface area (Å²) in [6, 6.07) is 11.9. The number of ether oxygens (including phenoxy) is 2. The van der Waals surface area contributed by atoms with Crippen molar-refractivity contribution < 1.29 is 19.1 Å². The molecular formula is C20H22ClNO4. The molecule has 2 rings (SSSR count). The number of rotatable bonds is 5. The van der Waals surface area contributed by atoms with E-state index in [-0.39, 0.29) is 12.2 Å². The molecule has 6 heteroatoms. The number of hydrogen-bond donors (Lipinski definition) is 1. The lowest BCUT2D eigenvalue weighted by Crippen LogP contribution is -2.27. The van der Waals surface area contributed by atoms with Crippen molar-refractivity contribution in [3.8, 4) is 5.75 Å². The third-order valence-electron chi connectivity index (χ3n) is 3.45.